The zero-order chi connectivity index (χ0) is 26.4. The van der Waals surface area contributed by atoms with Gasteiger partial charge in [0.1, 0.15) is 10.0 Å². The quantitative estimate of drug-likeness (QED) is 0.328. The molecule has 212 valence electrons. The fourth-order valence-electron chi connectivity index (χ4n) is 4.37. The van der Waals surface area contributed by atoms with Gasteiger partial charge >= 0.3 is 0 Å². The SMILES string of the molecule is CCNCCNC(=O)CN(CC(=O)N(C)N1Cc2ccccc2C1)c1cc(-c2nnc(C)s2)ccc1C.Cl.Cl. The van der Waals surface area contributed by atoms with E-state index in [0.717, 1.165) is 33.4 Å². The molecule has 4 rings (SSSR count). The molecular weight excluding hydrogens is 557 g/mol. The topological polar surface area (TPSA) is 93.7 Å². The Kier molecular flexibility index (Phi) is 12.6. The number of fused-ring (bicyclic) bond motifs is 1. The number of likely N-dealkylation sites (N-methyl/N-ethyl adjacent to an activating group) is 2. The molecule has 1 aromatic heterocycles. The summed E-state index contributed by atoms with van der Waals surface area (Å²) in [5, 5.41) is 20.0. The number of rotatable bonds is 11. The Labute approximate surface area is 246 Å². The number of amides is 2. The van der Waals surface area contributed by atoms with E-state index >= 15 is 0 Å². The number of carbonyl (C=O) groups excluding carboxylic acids is 2. The predicted octanol–water partition coefficient (Wildman–Crippen LogP) is 3.59. The second-order valence-electron chi connectivity index (χ2n) is 9.20. The van der Waals surface area contributed by atoms with Crippen LogP contribution in [0.1, 0.15) is 28.6 Å². The predicted molar refractivity (Wildman–Crippen MR) is 162 cm³/mol. The van der Waals surface area contributed by atoms with Gasteiger partial charge in [-0.3, -0.25) is 14.6 Å². The average Bonchev–Trinajstić information content (AvgIpc) is 3.52. The van der Waals surface area contributed by atoms with Gasteiger partial charge < -0.3 is 15.5 Å². The lowest BCUT2D eigenvalue weighted by Crippen LogP contribution is -2.48. The molecule has 3 aromatic rings. The molecular formula is C27H37Cl2N7O2S. The molecule has 12 heteroatoms. The van der Waals surface area contributed by atoms with E-state index in [0.29, 0.717) is 26.2 Å². The summed E-state index contributed by atoms with van der Waals surface area (Å²) >= 11 is 1.52. The molecule has 2 N–H and O–H groups in total. The Hall–Kier alpha value is -2.76. The summed E-state index contributed by atoms with van der Waals surface area (Å²) in [4.78, 5) is 28.2. The monoisotopic (exact) mass is 593 g/mol. The maximum atomic E-state index is 13.5. The fraction of sp³-hybridized carbons (Fsp3) is 0.407. The summed E-state index contributed by atoms with van der Waals surface area (Å²) in [6.45, 7) is 9.54. The molecule has 0 aliphatic carbocycles. The lowest BCUT2D eigenvalue weighted by molar-refractivity contribution is -0.145. The maximum absolute atomic E-state index is 13.5. The molecule has 0 atom stereocenters. The first kappa shape index (κ1) is 32.5. The molecule has 0 unspecified atom stereocenters. The number of aryl methyl sites for hydroxylation is 2. The van der Waals surface area contributed by atoms with Crippen molar-refractivity contribution >= 4 is 53.7 Å². The van der Waals surface area contributed by atoms with Gasteiger partial charge in [0.15, 0.2) is 0 Å². The second-order valence-corrected chi connectivity index (χ2v) is 10.4. The van der Waals surface area contributed by atoms with Crippen molar-refractivity contribution in [3.05, 3.63) is 64.2 Å². The molecule has 2 heterocycles. The van der Waals surface area contributed by atoms with E-state index in [2.05, 4.69) is 33.0 Å². The standard InChI is InChI=1S/C27H35N7O2S.2ClH/c1-5-28-12-13-29-25(35)17-33(24-14-21(11-10-19(24)2)27-31-30-20(3)37-27)18-26(36)32(4)34-15-22-8-6-7-9-23(22)16-34;;/h6-11,14,28H,5,12-13,15-18H2,1-4H3,(H,29,35);2*1H. The molecule has 2 amide bonds. The number of nitrogens with zero attached hydrogens (tertiary/aromatic N) is 5. The van der Waals surface area contributed by atoms with Crippen molar-refractivity contribution in [3.63, 3.8) is 0 Å². The van der Waals surface area contributed by atoms with Gasteiger partial charge in [-0.2, -0.15) is 0 Å². The van der Waals surface area contributed by atoms with Gasteiger partial charge in [-0.05, 0) is 43.1 Å². The number of hydrogen-bond acceptors (Lipinski definition) is 8. The third-order valence-corrected chi connectivity index (χ3v) is 7.35. The Morgan fingerprint density at radius 1 is 1.00 bits per heavy atom. The van der Waals surface area contributed by atoms with E-state index in [1.165, 1.54) is 22.5 Å². The van der Waals surface area contributed by atoms with E-state index in [1.54, 1.807) is 12.1 Å². The normalized spacial score (nSPS) is 12.2. The molecule has 0 fully saturated rings. The number of nitrogens with one attached hydrogen (secondary N) is 2. The van der Waals surface area contributed by atoms with E-state index in [9.17, 15) is 9.59 Å². The highest BCUT2D eigenvalue weighted by molar-refractivity contribution is 7.14. The van der Waals surface area contributed by atoms with Crippen LogP contribution in [0.4, 0.5) is 5.69 Å². The highest BCUT2D eigenvalue weighted by Gasteiger charge is 2.27. The largest absolute Gasteiger partial charge is 0.353 e. The highest BCUT2D eigenvalue weighted by atomic mass is 35.5. The van der Waals surface area contributed by atoms with Gasteiger partial charge in [-0.15, -0.1) is 35.0 Å². The number of halogens is 2. The number of carbonyl (C=O) groups is 2. The molecule has 0 bridgehead atoms. The Morgan fingerprint density at radius 3 is 2.31 bits per heavy atom. The van der Waals surface area contributed by atoms with Gasteiger partial charge in [0.05, 0.1) is 13.1 Å². The number of hydrogen-bond donors (Lipinski definition) is 2. The minimum Gasteiger partial charge on any atom is -0.353 e. The van der Waals surface area contributed by atoms with Crippen LogP contribution in [0.5, 0.6) is 0 Å². The number of hydrazine groups is 1. The first-order chi connectivity index (χ1) is 17.9. The summed E-state index contributed by atoms with van der Waals surface area (Å²) in [6, 6.07) is 14.3. The van der Waals surface area contributed by atoms with Crippen molar-refractivity contribution in [1.29, 1.82) is 0 Å². The Bertz CT molecular complexity index is 1230. The first-order valence-corrected chi connectivity index (χ1v) is 13.4. The molecule has 0 radical (unpaired) electrons. The minimum atomic E-state index is -0.126. The number of aromatic nitrogens is 2. The maximum Gasteiger partial charge on any atom is 0.256 e. The van der Waals surface area contributed by atoms with Crippen molar-refractivity contribution in [2.24, 2.45) is 0 Å². The smallest absolute Gasteiger partial charge is 0.256 e. The lowest BCUT2D eigenvalue weighted by atomic mass is 10.1. The second kappa shape index (κ2) is 15.1. The Morgan fingerprint density at radius 2 is 1.69 bits per heavy atom. The summed E-state index contributed by atoms with van der Waals surface area (Å²) in [6.07, 6.45) is 0. The third-order valence-electron chi connectivity index (χ3n) is 6.47. The van der Waals surface area contributed by atoms with E-state index < -0.39 is 0 Å². The molecule has 9 nitrogen and oxygen atoms in total. The van der Waals surface area contributed by atoms with Crippen LogP contribution in [0.3, 0.4) is 0 Å². The fourth-order valence-corrected chi connectivity index (χ4v) is 5.06. The van der Waals surface area contributed by atoms with E-state index in [4.69, 9.17) is 0 Å². The summed E-state index contributed by atoms with van der Waals surface area (Å²) < 4.78 is 0. The van der Waals surface area contributed by atoms with Crippen LogP contribution in [0.25, 0.3) is 10.6 Å². The molecule has 0 saturated carbocycles. The zero-order valence-electron chi connectivity index (χ0n) is 22.8. The number of anilines is 1. The van der Waals surface area contributed by atoms with Crippen molar-refractivity contribution in [2.45, 2.75) is 33.9 Å². The van der Waals surface area contributed by atoms with Crippen molar-refractivity contribution in [2.75, 3.05) is 44.7 Å². The minimum absolute atomic E-state index is 0. The molecule has 1 aliphatic rings. The number of benzene rings is 2. The third kappa shape index (κ3) is 8.36. The van der Waals surface area contributed by atoms with Gasteiger partial charge in [-0.1, -0.05) is 54.7 Å². The molecule has 39 heavy (non-hydrogen) atoms. The zero-order valence-corrected chi connectivity index (χ0v) is 25.2. The molecule has 0 saturated heterocycles. The van der Waals surface area contributed by atoms with Crippen molar-refractivity contribution in [1.82, 2.24) is 30.8 Å². The highest BCUT2D eigenvalue weighted by Crippen LogP contribution is 2.30. The van der Waals surface area contributed by atoms with E-state index in [1.807, 2.05) is 61.0 Å². The van der Waals surface area contributed by atoms with Crippen LogP contribution >= 0.6 is 36.2 Å². The van der Waals surface area contributed by atoms with Crippen LogP contribution in [0, 0.1) is 13.8 Å². The van der Waals surface area contributed by atoms with E-state index in [-0.39, 0.29) is 49.7 Å². The molecule has 0 spiro atoms. The molecule has 2 aromatic carbocycles. The van der Waals surface area contributed by atoms with Crippen molar-refractivity contribution < 1.29 is 9.59 Å². The van der Waals surface area contributed by atoms with Gasteiger partial charge in [0, 0.05) is 44.5 Å². The first-order valence-electron chi connectivity index (χ1n) is 12.6. The average molecular weight is 595 g/mol. The van der Waals surface area contributed by atoms with Gasteiger partial charge in [-0.25, -0.2) is 5.01 Å². The summed E-state index contributed by atoms with van der Waals surface area (Å²) in [7, 11) is 1.80. The van der Waals surface area contributed by atoms with Crippen LogP contribution < -0.4 is 15.5 Å². The van der Waals surface area contributed by atoms with Crippen molar-refractivity contribution in [3.8, 4) is 10.6 Å². The van der Waals surface area contributed by atoms with Crippen LogP contribution in [0.2, 0.25) is 0 Å². The summed E-state index contributed by atoms with van der Waals surface area (Å²) in [5.41, 5.74) is 5.19. The van der Waals surface area contributed by atoms with Gasteiger partial charge in [0.25, 0.3) is 5.91 Å². The lowest BCUT2D eigenvalue weighted by Gasteiger charge is -2.32. The molecule has 1 aliphatic heterocycles. The van der Waals surface area contributed by atoms with Crippen LogP contribution in [0.15, 0.2) is 42.5 Å². The van der Waals surface area contributed by atoms with Crippen LogP contribution in [-0.2, 0) is 22.7 Å². The van der Waals surface area contributed by atoms with Crippen LogP contribution in [-0.4, -0.2) is 71.8 Å². The van der Waals surface area contributed by atoms with Gasteiger partial charge in [0.2, 0.25) is 5.91 Å². The Balaban J connectivity index is 0.00000267. The summed E-state index contributed by atoms with van der Waals surface area (Å²) in [5.74, 6) is -0.205.